The second-order valence-corrected chi connectivity index (χ2v) is 4.63. The van der Waals surface area contributed by atoms with E-state index in [1.54, 1.807) is 12.1 Å². The molecule has 5 heteroatoms. The smallest absolute Gasteiger partial charge is 0.334 e. The van der Waals surface area contributed by atoms with Crippen molar-refractivity contribution in [1.29, 1.82) is 0 Å². The van der Waals surface area contributed by atoms with E-state index in [0.29, 0.717) is 5.75 Å². The average Bonchev–Trinajstić information content (AvgIpc) is 2.36. The molecule has 2 unspecified atom stereocenters. The number of ether oxygens (including phenoxy) is 2. The van der Waals surface area contributed by atoms with Gasteiger partial charge < -0.3 is 14.6 Å². The first-order valence-electron chi connectivity index (χ1n) is 5.37. The predicted molar refractivity (Wildman–Crippen MR) is 71.6 cm³/mol. The summed E-state index contributed by atoms with van der Waals surface area (Å²) in [6.07, 6.45) is -0.964. The lowest BCUT2D eigenvalue weighted by Crippen LogP contribution is -2.31. The van der Waals surface area contributed by atoms with E-state index in [1.807, 2.05) is 18.2 Å². The van der Waals surface area contributed by atoms with Gasteiger partial charge in [0.25, 0.3) is 0 Å². The Bertz CT molecular complexity index is 405. The standard InChI is InChI=1S/C13H15BrO4/c1-9(2)13(16)18-12(14)11(15)8-17-10-6-4-3-5-7-10/h3-7,11-12,15H,1,8H2,2H3. The van der Waals surface area contributed by atoms with Gasteiger partial charge in [-0.05, 0) is 35.0 Å². The van der Waals surface area contributed by atoms with E-state index in [9.17, 15) is 9.90 Å². The number of carbonyl (C=O) groups excluding carboxylic acids is 1. The van der Waals surface area contributed by atoms with E-state index in [4.69, 9.17) is 9.47 Å². The van der Waals surface area contributed by atoms with E-state index in [2.05, 4.69) is 22.5 Å². The molecule has 0 radical (unpaired) electrons. The number of rotatable bonds is 6. The number of aliphatic hydroxyl groups excluding tert-OH is 1. The topological polar surface area (TPSA) is 55.8 Å². The second kappa shape index (κ2) is 7.18. The maximum absolute atomic E-state index is 11.2. The number of alkyl halides is 1. The van der Waals surface area contributed by atoms with Crippen LogP contribution in [0.5, 0.6) is 5.75 Å². The van der Waals surface area contributed by atoms with Gasteiger partial charge in [-0.15, -0.1) is 0 Å². The molecule has 0 spiro atoms. The van der Waals surface area contributed by atoms with E-state index in [1.165, 1.54) is 6.92 Å². The normalized spacial score (nSPS) is 13.5. The minimum Gasteiger partial charge on any atom is -0.491 e. The van der Waals surface area contributed by atoms with Gasteiger partial charge in [-0.1, -0.05) is 24.8 Å². The Labute approximate surface area is 114 Å². The lowest BCUT2D eigenvalue weighted by atomic mass is 10.3. The summed E-state index contributed by atoms with van der Waals surface area (Å²) in [7, 11) is 0. The lowest BCUT2D eigenvalue weighted by molar-refractivity contribution is -0.144. The SMILES string of the molecule is C=C(C)C(=O)OC(Br)C(O)COc1ccccc1. The van der Waals surface area contributed by atoms with Gasteiger partial charge in [0, 0.05) is 5.57 Å². The van der Waals surface area contributed by atoms with E-state index >= 15 is 0 Å². The van der Waals surface area contributed by atoms with Gasteiger partial charge in [0.15, 0.2) is 5.01 Å². The summed E-state index contributed by atoms with van der Waals surface area (Å²) < 4.78 is 10.2. The van der Waals surface area contributed by atoms with Crippen LogP contribution < -0.4 is 4.74 Å². The van der Waals surface area contributed by atoms with Crippen molar-refractivity contribution in [2.75, 3.05) is 6.61 Å². The summed E-state index contributed by atoms with van der Waals surface area (Å²) in [6.45, 7) is 5.01. The fourth-order valence-electron chi connectivity index (χ4n) is 1.06. The molecule has 1 N–H and O–H groups in total. The number of esters is 1. The molecule has 4 nitrogen and oxygen atoms in total. The Morgan fingerprint density at radius 1 is 1.44 bits per heavy atom. The van der Waals surface area contributed by atoms with Crippen LogP contribution in [-0.4, -0.2) is 28.8 Å². The van der Waals surface area contributed by atoms with Crippen molar-refractivity contribution in [3.8, 4) is 5.75 Å². The minimum absolute atomic E-state index is 0.0173. The molecule has 1 rings (SSSR count). The van der Waals surface area contributed by atoms with Gasteiger partial charge in [0.05, 0.1) is 0 Å². The maximum atomic E-state index is 11.2. The number of hydrogen-bond donors (Lipinski definition) is 1. The molecule has 0 saturated carbocycles. The van der Waals surface area contributed by atoms with Crippen molar-refractivity contribution in [3.63, 3.8) is 0 Å². The van der Waals surface area contributed by atoms with E-state index in [-0.39, 0.29) is 12.2 Å². The molecule has 0 amide bonds. The summed E-state index contributed by atoms with van der Waals surface area (Å²) in [5, 5.41) is 8.90. The number of aliphatic hydroxyl groups is 1. The fourth-order valence-corrected chi connectivity index (χ4v) is 1.38. The van der Waals surface area contributed by atoms with Crippen molar-refractivity contribution in [1.82, 2.24) is 0 Å². The zero-order valence-electron chi connectivity index (χ0n) is 10.0. The van der Waals surface area contributed by atoms with Crippen LogP contribution in [0.1, 0.15) is 6.92 Å². The zero-order valence-corrected chi connectivity index (χ0v) is 11.6. The third-order valence-corrected chi connectivity index (χ3v) is 2.83. The van der Waals surface area contributed by atoms with Gasteiger partial charge in [0.2, 0.25) is 0 Å². The zero-order chi connectivity index (χ0) is 13.5. The largest absolute Gasteiger partial charge is 0.491 e. The molecule has 0 bridgehead atoms. The first kappa shape index (κ1) is 14.7. The first-order chi connectivity index (χ1) is 8.50. The van der Waals surface area contributed by atoms with Crippen molar-refractivity contribution in [2.45, 2.75) is 18.0 Å². The van der Waals surface area contributed by atoms with Crippen molar-refractivity contribution in [2.24, 2.45) is 0 Å². The van der Waals surface area contributed by atoms with Gasteiger partial charge in [-0.25, -0.2) is 4.79 Å². The molecule has 0 aromatic heterocycles. The van der Waals surface area contributed by atoms with Gasteiger partial charge in [0.1, 0.15) is 18.5 Å². The second-order valence-electron chi connectivity index (χ2n) is 3.73. The highest BCUT2D eigenvalue weighted by molar-refractivity contribution is 9.09. The maximum Gasteiger partial charge on any atom is 0.334 e. The molecule has 98 valence electrons. The molecule has 1 aromatic carbocycles. The third-order valence-electron chi connectivity index (χ3n) is 2.03. The van der Waals surface area contributed by atoms with E-state index < -0.39 is 17.1 Å². The molecular formula is C13H15BrO4. The molecule has 0 heterocycles. The molecule has 0 aliphatic rings. The molecule has 0 fully saturated rings. The molecular weight excluding hydrogens is 300 g/mol. The number of para-hydroxylation sites is 1. The van der Waals surface area contributed by atoms with E-state index in [0.717, 1.165) is 0 Å². The van der Waals surface area contributed by atoms with Gasteiger partial charge in [-0.3, -0.25) is 0 Å². The summed E-state index contributed by atoms with van der Waals surface area (Å²) in [5.41, 5.74) is 0.274. The molecule has 2 atom stereocenters. The fraction of sp³-hybridized carbons (Fsp3) is 0.308. The highest BCUT2D eigenvalue weighted by atomic mass is 79.9. The Morgan fingerprint density at radius 2 is 2.06 bits per heavy atom. The summed E-state index contributed by atoms with van der Waals surface area (Å²) >= 11 is 3.07. The number of benzene rings is 1. The Hall–Kier alpha value is -1.33. The van der Waals surface area contributed by atoms with Crippen LogP contribution in [0.4, 0.5) is 0 Å². The molecule has 0 aliphatic heterocycles. The van der Waals surface area contributed by atoms with Crippen LogP contribution in [0.25, 0.3) is 0 Å². The summed E-state index contributed by atoms with van der Waals surface area (Å²) in [6, 6.07) is 9.07. The summed E-state index contributed by atoms with van der Waals surface area (Å²) in [4.78, 5) is 11.2. The Morgan fingerprint density at radius 3 is 2.61 bits per heavy atom. The van der Waals surface area contributed by atoms with Gasteiger partial charge in [-0.2, -0.15) is 0 Å². The Balaban J connectivity index is 2.38. The van der Waals surface area contributed by atoms with Crippen LogP contribution in [-0.2, 0) is 9.53 Å². The van der Waals surface area contributed by atoms with Crippen LogP contribution in [0.3, 0.4) is 0 Å². The highest BCUT2D eigenvalue weighted by Gasteiger charge is 2.21. The van der Waals surface area contributed by atoms with Crippen LogP contribution in [0.2, 0.25) is 0 Å². The lowest BCUT2D eigenvalue weighted by Gasteiger charge is -2.18. The van der Waals surface area contributed by atoms with Gasteiger partial charge >= 0.3 is 5.97 Å². The first-order valence-corrected chi connectivity index (χ1v) is 6.28. The van der Waals surface area contributed by atoms with Crippen molar-refractivity contribution in [3.05, 3.63) is 42.5 Å². The average molecular weight is 315 g/mol. The molecule has 18 heavy (non-hydrogen) atoms. The van der Waals surface area contributed by atoms with Crippen LogP contribution in [0.15, 0.2) is 42.5 Å². The number of halogens is 1. The monoisotopic (exact) mass is 314 g/mol. The van der Waals surface area contributed by atoms with Crippen molar-refractivity contribution < 1.29 is 19.4 Å². The van der Waals surface area contributed by atoms with Crippen LogP contribution in [0, 0.1) is 0 Å². The Kier molecular flexibility index (Phi) is 5.88. The number of hydrogen-bond acceptors (Lipinski definition) is 4. The number of carbonyl (C=O) groups is 1. The summed E-state index contributed by atoms with van der Waals surface area (Å²) in [5.74, 6) is 0.0816. The highest BCUT2D eigenvalue weighted by Crippen LogP contribution is 2.13. The third kappa shape index (κ3) is 4.89. The molecule has 1 aromatic rings. The minimum atomic E-state index is -0.964. The van der Waals surface area contributed by atoms with Crippen LogP contribution >= 0.6 is 15.9 Å². The molecule has 0 saturated heterocycles. The quantitative estimate of drug-likeness (QED) is 0.497. The van der Waals surface area contributed by atoms with Crippen molar-refractivity contribution >= 4 is 21.9 Å². The predicted octanol–water partition coefficient (Wildman–Crippen LogP) is 2.27. The molecule has 0 aliphatic carbocycles.